The number of hydrogen-bond donors (Lipinski definition) is 1. The third-order valence-corrected chi connectivity index (χ3v) is 13.4. The van der Waals surface area contributed by atoms with Crippen LogP contribution in [0.1, 0.15) is 67.7 Å². The van der Waals surface area contributed by atoms with Crippen LogP contribution in [0, 0.1) is 11.8 Å². The second kappa shape index (κ2) is 4.96. The van der Waals surface area contributed by atoms with E-state index in [9.17, 15) is 5.11 Å². The maximum absolute atomic E-state index is 11.5. The van der Waals surface area contributed by atoms with Crippen LogP contribution in [0.2, 0.25) is 18.1 Å². The molecule has 4 rings (SSSR count). The summed E-state index contributed by atoms with van der Waals surface area (Å²) in [6, 6.07) is 0. The fourth-order valence-electron chi connectivity index (χ4n) is 6.11. The van der Waals surface area contributed by atoms with Crippen molar-refractivity contribution in [3.8, 4) is 0 Å². The minimum absolute atomic E-state index is 0.0244. The van der Waals surface area contributed by atoms with Crippen LogP contribution in [-0.2, 0) is 13.9 Å². The van der Waals surface area contributed by atoms with E-state index in [1.807, 2.05) is 0 Å². The molecule has 1 spiro atoms. The number of hydrogen-bond acceptors (Lipinski definition) is 4. The second-order valence-electron chi connectivity index (χ2n) is 11.6. The van der Waals surface area contributed by atoms with Crippen LogP contribution in [0.25, 0.3) is 0 Å². The van der Waals surface area contributed by atoms with E-state index in [1.165, 1.54) is 0 Å². The largest absolute Gasteiger partial charge is 0.411 e. The number of fused-ring (bicyclic) bond motifs is 3. The lowest BCUT2D eigenvalue weighted by molar-refractivity contribution is -0.262. The second-order valence-corrected chi connectivity index (χ2v) is 16.3. The molecule has 0 aromatic rings. The van der Waals surface area contributed by atoms with E-state index in [4.69, 9.17) is 13.9 Å². The van der Waals surface area contributed by atoms with Crippen molar-refractivity contribution in [2.24, 2.45) is 11.8 Å². The molecule has 4 nitrogen and oxygen atoms in total. The molecule has 150 valence electrons. The number of aliphatic hydroxyl groups excluding tert-OH is 1. The van der Waals surface area contributed by atoms with Crippen LogP contribution >= 0.6 is 0 Å². The first-order valence-electron chi connectivity index (χ1n) is 10.4. The van der Waals surface area contributed by atoms with Gasteiger partial charge in [0.15, 0.2) is 8.32 Å². The third-order valence-electron chi connectivity index (χ3n) is 8.94. The van der Waals surface area contributed by atoms with Gasteiger partial charge in [-0.15, -0.1) is 0 Å². The zero-order chi connectivity index (χ0) is 19.6. The summed E-state index contributed by atoms with van der Waals surface area (Å²) >= 11 is 0. The van der Waals surface area contributed by atoms with Gasteiger partial charge in [0.05, 0.1) is 17.3 Å². The Bertz CT molecular complexity index is 628. The van der Waals surface area contributed by atoms with Crippen molar-refractivity contribution in [1.29, 1.82) is 0 Å². The summed E-state index contributed by atoms with van der Waals surface area (Å²) in [6.45, 7) is 20.3. The molecule has 26 heavy (non-hydrogen) atoms. The van der Waals surface area contributed by atoms with Crippen molar-refractivity contribution in [3.05, 3.63) is 0 Å². The molecule has 0 amide bonds. The summed E-state index contributed by atoms with van der Waals surface area (Å²) in [5, 5.41) is 11.7. The molecule has 4 aliphatic rings. The van der Waals surface area contributed by atoms with Gasteiger partial charge in [-0.2, -0.15) is 0 Å². The van der Waals surface area contributed by atoms with Gasteiger partial charge in [0.1, 0.15) is 17.3 Å². The predicted molar refractivity (Wildman–Crippen MR) is 105 cm³/mol. The summed E-state index contributed by atoms with van der Waals surface area (Å²) in [7, 11) is -1.94. The van der Waals surface area contributed by atoms with Crippen LogP contribution in [-0.4, -0.2) is 48.0 Å². The van der Waals surface area contributed by atoms with Gasteiger partial charge in [0.25, 0.3) is 0 Å². The van der Waals surface area contributed by atoms with E-state index in [0.29, 0.717) is 0 Å². The molecule has 1 N–H and O–H groups in total. The topological polar surface area (TPSA) is 51.2 Å². The van der Waals surface area contributed by atoms with Gasteiger partial charge in [-0.25, -0.2) is 0 Å². The third kappa shape index (κ3) is 2.00. The first kappa shape index (κ1) is 19.4. The molecule has 3 aliphatic heterocycles. The Hall–Kier alpha value is 0.0569. The van der Waals surface area contributed by atoms with Crippen molar-refractivity contribution < 1.29 is 19.0 Å². The van der Waals surface area contributed by atoms with Crippen LogP contribution in [0.15, 0.2) is 0 Å². The molecule has 0 radical (unpaired) electrons. The lowest BCUT2D eigenvalue weighted by Crippen LogP contribution is -2.66. The van der Waals surface area contributed by atoms with Gasteiger partial charge in [0.2, 0.25) is 0 Å². The zero-order valence-electron chi connectivity index (χ0n) is 18.1. The van der Waals surface area contributed by atoms with Gasteiger partial charge < -0.3 is 19.0 Å². The lowest BCUT2D eigenvalue weighted by atomic mass is 9.69. The summed E-state index contributed by atoms with van der Waals surface area (Å²) in [5.74, 6) is 0.424. The van der Waals surface area contributed by atoms with E-state index in [0.717, 1.165) is 19.3 Å². The van der Waals surface area contributed by atoms with Crippen LogP contribution in [0.5, 0.6) is 0 Å². The first-order chi connectivity index (χ1) is 11.7. The Kier molecular flexibility index (Phi) is 3.70. The highest BCUT2D eigenvalue weighted by molar-refractivity contribution is 6.74. The summed E-state index contributed by atoms with van der Waals surface area (Å²) in [6.07, 6.45) is 2.28. The maximum atomic E-state index is 11.5. The van der Waals surface area contributed by atoms with Crippen molar-refractivity contribution in [1.82, 2.24) is 0 Å². The van der Waals surface area contributed by atoms with Gasteiger partial charge >= 0.3 is 0 Å². The molecule has 1 unspecified atom stereocenters. The summed E-state index contributed by atoms with van der Waals surface area (Å²) in [4.78, 5) is 0. The fourth-order valence-corrected chi connectivity index (χ4v) is 7.49. The molecular weight excluding hydrogens is 344 g/mol. The van der Waals surface area contributed by atoms with Crippen LogP contribution in [0.4, 0.5) is 0 Å². The highest BCUT2D eigenvalue weighted by atomic mass is 28.4. The van der Waals surface area contributed by atoms with E-state index in [-0.39, 0.29) is 34.2 Å². The average molecular weight is 383 g/mol. The van der Waals surface area contributed by atoms with Crippen molar-refractivity contribution >= 4 is 8.32 Å². The van der Waals surface area contributed by atoms with Crippen molar-refractivity contribution in [3.63, 3.8) is 0 Å². The molecule has 2 bridgehead atoms. The predicted octanol–water partition coefficient (Wildman–Crippen LogP) is 4.26. The number of ether oxygens (including phenoxy) is 2. The van der Waals surface area contributed by atoms with Crippen molar-refractivity contribution in [2.45, 2.75) is 120 Å². The number of rotatable bonds is 3. The van der Waals surface area contributed by atoms with Gasteiger partial charge in [-0.05, 0) is 50.7 Å². The Morgan fingerprint density at radius 1 is 1.15 bits per heavy atom. The Morgan fingerprint density at radius 2 is 1.77 bits per heavy atom. The average Bonchev–Trinajstić information content (AvgIpc) is 2.82. The highest BCUT2D eigenvalue weighted by Crippen LogP contribution is 2.74. The van der Waals surface area contributed by atoms with E-state index in [2.05, 4.69) is 61.6 Å². The molecule has 5 heteroatoms. The molecule has 3 heterocycles. The van der Waals surface area contributed by atoms with E-state index < -0.39 is 25.6 Å². The molecule has 1 saturated carbocycles. The molecule has 1 aliphatic carbocycles. The van der Waals surface area contributed by atoms with E-state index in [1.54, 1.807) is 0 Å². The van der Waals surface area contributed by atoms with Gasteiger partial charge in [0, 0.05) is 12.3 Å². The first-order valence-corrected chi connectivity index (χ1v) is 13.3. The van der Waals surface area contributed by atoms with Gasteiger partial charge in [-0.3, -0.25) is 0 Å². The normalized spacial score (nSPS) is 53.0. The monoisotopic (exact) mass is 382 g/mol. The Balaban J connectivity index is 1.77. The molecule has 3 saturated heterocycles. The summed E-state index contributed by atoms with van der Waals surface area (Å²) < 4.78 is 20.1. The fraction of sp³-hybridized carbons (Fsp3) is 1.00. The summed E-state index contributed by atoms with van der Waals surface area (Å²) in [5.41, 5.74) is -1.57. The van der Waals surface area contributed by atoms with Crippen molar-refractivity contribution in [2.75, 3.05) is 0 Å². The quantitative estimate of drug-likeness (QED) is 0.585. The molecular formula is C21H38O4Si. The van der Waals surface area contributed by atoms with E-state index >= 15 is 0 Å². The standard InChI is InChI=1S/C21H38O4Si/c1-13(2)20-12-15(23-26(8,9)17(3,4)5)19(7,25-20)14-10-11-18(6)21(14,24-18)16(20)22/h13-16,22H,10-12H2,1-9H3/t14-,15-,16-,18?,19+,20-,21+/m1/s1. The molecule has 4 fully saturated rings. The minimum atomic E-state index is -1.94. The Labute approximate surface area is 160 Å². The van der Waals surface area contributed by atoms with Crippen LogP contribution in [0.3, 0.4) is 0 Å². The zero-order valence-corrected chi connectivity index (χ0v) is 19.1. The molecule has 7 atom stereocenters. The molecule has 0 aromatic heterocycles. The highest BCUT2D eigenvalue weighted by Gasteiger charge is 2.88. The number of epoxide rings is 1. The lowest BCUT2D eigenvalue weighted by Gasteiger charge is -2.52. The number of aliphatic hydroxyl groups is 1. The maximum Gasteiger partial charge on any atom is 0.192 e. The van der Waals surface area contributed by atoms with Gasteiger partial charge in [-0.1, -0.05) is 34.6 Å². The molecule has 0 aromatic carbocycles. The Morgan fingerprint density at radius 3 is 2.27 bits per heavy atom. The minimum Gasteiger partial charge on any atom is -0.411 e. The van der Waals surface area contributed by atoms with Crippen LogP contribution < -0.4 is 0 Å². The smallest absolute Gasteiger partial charge is 0.192 e. The SMILES string of the molecule is CC(C)[C@@]12C[C@@H](O[Si](C)(C)C(C)(C)C)[C@@](C)(O1)[C@H]1CCC3(C)O[C@]13[C@@H]2O.